The van der Waals surface area contributed by atoms with Crippen LogP contribution in [0.4, 0.5) is 18.9 Å². The summed E-state index contributed by atoms with van der Waals surface area (Å²) in [4.78, 5) is 14.6. The number of benzene rings is 2. The van der Waals surface area contributed by atoms with Crippen LogP contribution in [0.25, 0.3) is 0 Å². The molecule has 1 saturated heterocycles. The average Bonchev–Trinajstić information content (AvgIpc) is 2.73. The fourth-order valence-corrected chi connectivity index (χ4v) is 5.91. The van der Waals surface area contributed by atoms with Gasteiger partial charge in [0.15, 0.2) is 0 Å². The first-order valence-electron chi connectivity index (χ1n) is 10.9. The molecule has 2 aliphatic rings. The van der Waals surface area contributed by atoms with Crippen LogP contribution in [0, 0.1) is 17.5 Å². The van der Waals surface area contributed by atoms with Crippen LogP contribution in [0.15, 0.2) is 41.3 Å². The summed E-state index contributed by atoms with van der Waals surface area (Å²) in [5, 5.41) is 0. The smallest absolute Gasteiger partial charge is 0.246 e. The van der Waals surface area contributed by atoms with E-state index < -0.39 is 32.4 Å². The van der Waals surface area contributed by atoms with Gasteiger partial charge in [-0.25, -0.2) is 21.6 Å². The molecular weight excluding hydrogens is 455 g/mol. The number of piperazine rings is 1. The number of sulfonamides is 1. The second-order valence-corrected chi connectivity index (χ2v) is 10.3. The lowest BCUT2D eigenvalue weighted by molar-refractivity contribution is -0.129. The Kier molecular flexibility index (Phi) is 6.67. The van der Waals surface area contributed by atoms with E-state index in [4.69, 9.17) is 0 Å². The number of nitrogens with zero attached hydrogens (tertiary/aromatic N) is 3. The van der Waals surface area contributed by atoms with E-state index in [-0.39, 0.29) is 24.1 Å². The number of rotatable bonds is 6. The highest BCUT2D eigenvalue weighted by Gasteiger charge is 2.37. The van der Waals surface area contributed by atoms with Crippen LogP contribution >= 0.6 is 0 Å². The summed E-state index contributed by atoms with van der Waals surface area (Å²) in [6.45, 7) is 3.53. The van der Waals surface area contributed by atoms with Crippen LogP contribution in [-0.2, 0) is 21.4 Å². The summed E-state index contributed by atoms with van der Waals surface area (Å²) < 4.78 is 70.2. The molecular formula is C23H26F3N3O3S. The van der Waals surface area contributed by atoms with Gasteiger partial charge in [-0.3, -0.25) is 4.79 Å². The molecule has 4 rings (SSSR count). The van der Waals surface area contributed by atoms with Crippen molar-refractivity contribution in [2.45, 2.75) is 43.7 Å². The lowest BCUT2D eigenvalue weighted by atomic mass is 9.93. The molecule has 6 nitrogen and oxygen atoms in total. The summed E-state index contributed by atoms with van der Waals surface area (Å²) >= 11 is 0. The second-order valence-electron chi connectivity index (χ2n) is 8.48. The van der Waals surface area contributed by atoms with E-state index in [1.165, 1.54) is 13.0 Å². The third kappa shape index (κ3) is 4.86. The molecule has 1 aliphatic heterocycles. The van der Waals surface area contributed by atoms with Crippen molar-refractivity contribution in [3.05, 3.63) is 59.4 Å². The molecule has 10 heteroatoms. The lowest BCUT2D eigenvalue weighted by Gasteiger charge is -2.37. The normalized spacial score (nSPS) is 17.4. The van der Waals surface area contributed by atoms with Crippen LogP contribution in [0.2, 0.25) is 0 Å². The number of amides is 1. The summed E-state index contributed by atoms with van der Waals surface area (Å²) in [5.74, 6) is -2.58. The Morgan fingerprint density at radius 1 is 1.00 bits per heavy atom. The molecule has 2 aromatic rings. The van der Waals surface area contributed by atoms with Crippen molar-refractivity contribution >= 4 is 21.6 Å². The highest BCUT2D eigenvalue weighted by molar-refractivity contribution is 7.89. The Morgan fingerprint density at radius 3 is 2.24 bits per heavy atom. The summed E-state index contributed by atoms with van der Waals surface area (Å²) in [5.41, 5.74) is 0.834. The predicted molar refractivity (Wildman–Crippen MR) is 118 cm³/mol. The van der Waals surface area contributed by atoms with E-state index in [0.29, 0.717) is 50.8 Å². The minimum absolute atomic E-state index is 0.00562. The standard InChI is InChI=1S/C23H26F3N3O3S/c1-16(30)27-9-11-28(12-10-27)20-7-5-17(21(25)14-20)15-29(19-3-2-4-19)33(31,32)23-8-6-18(24)13-22(23)26/h5-8,13-14,19H,2-4,9-12,15H2,1H3. The highest BCUT2D eigenvalue weighted by atomic mass is 32.2. The molecule has 33 heavy (non-hydrogen) atoms. The Hall–Kier alpha value is -2.59. The number of anilines is 1. The Labute approximate surface area is 191 Å². The third-order valence-corrected chi connectivity index (χ3v) is 8.35. The Balaban J connectivity index is 1.56. The van der Waals surface area contributed by atoms with Gasteiger partial charge in [0.1, 0.15) is 22.3 Å². The van der Waals surface area contributed by atoms with Crippen LogP contribution in [0.5, 0.6) is 0 Å². The van der Waals surface area contributed by atoms with Gasteiger partial charge in [0, 0.05) is 63.0 Å². The van der Waals surface area contributed by atoms with Gasteiger partial charge < -0.3 is 9.80 Å². The Morgan fingerprint density at radius 2 is 1.70 bits per heavy atom. The molecule has 2 fully saturated rings. The maximum absolute atomic E-state index is 15.0. The lowest BCUT2D eigenvalue weighted by Crippen LogP contribution is -2.48. The van der Waals surface area contributed by atoms with Crippen LogP contribution in [0.3, 0.4) is 0 Å². The van der Waals surface area contributed by atoms with Crippen LogP contribution in [-0.4, -0.2) is 55.8 Å². The van der Waals surface area contributed by atoms with Crippen molar-refractivity contribution < 1.29 is 26.4 Å². The number of carbonyl (C=O) groups is 1. The van der Waals surface area contributed by atoms with Gasteiger partial charge in [-0.2, -0.15) is 4.31 Å². The summed E-state index contributed by atoms with van der Waals surface area (Å²) in [6, 6.07) is 6.62. The predicted octanol–water partition coefficient (Wildman–Crippen LogP) is 3.52. The van der Waals surface area contributed by atoms with Crippen molar-refractivity contribution in [1.29, 1.82) is 0 Å². The van der Waals surface area contributed by atoms with E-state index in [2.05, 4.69) is 0 Å². The molecule has 1 aliphatic carbocycles. The third-order valence-electron chi connectivity index (χ3n) is 6.42. The van der Waals surface area contributed by atoms with Gasteiger partial charge in [0.2, 0.25) is 15.9 Å². The maximum atomic E-state index is 15.0. The molecule has 178 valence electrons. The minimum Gasteiger partial charge on any atom is -0.368 e. The minimum atomic E-state index is -4.29. The maximum Gasteiger partial charge on any atom is 0.246 e. The van der Waals surface area contributed by atoms with Crippen molar-refractivity contribution in [3.63, 3.8) is 0 Å². The molecule has 0 N–H and O–H groups in total. The van der Waals surface area contributed by atoms with Crippen LogP contribution in [0.1, 0.15) is 31.7 Å². The van der Waals surface area contributed by atoms with Gasteiger partial charge in [0.25, 0.3) is 0 Å². The van der Waals surface area contributed by atoms with Gasteiger partial charge in [-0.05, 0) is 37.1 Å². The first kappa shape index (κ1) is 23.6. The molecule has 2 aromatic carbocycles. The molecule has 0 aromatic heterocycles. The second kappa shape index (κ2) is 9.34. The van der Waals surface area contributed by atoms with Crippen LogP contribution < -0.4 is 4.90 Å². The van der Waals surface area contributed by atoms with E-state index in [9.17, 15) is 22.0 Å². The zero-order chi connectivity index (χ0) is 23.8. The molecule has 0 atom stereocenters. The molecule has 0 radical (unpaired) electrons. The number of hydrogen-bond donors (Lipinski definition) is 0. The Bertz CT molecular complexity index is 1150. The average molecular weight is 482 g/mol. The summed E-state index contributed by atoms with van der Waals surface area (Å²) in [6.07, 6.45) is 2.03. The van der Waals surface area contributed by atoms with E-state index in [0.717, 1.165) is 22.9 Å². The van der Waals surface area contributed by atoms with Gasteiger partial charge in [0.05, 0.1) is 0 Å². The molecule has 1 amide bonds. The molecule has 0 spiro atoms. The van der Waals surface area contributed by atoms with Gasteiger partial charge in [-0.15, -0.1) is 0 Å². The van der Waals surface area contributed by atoms with E-state index >= 15 is 4.39 Å². The zero-order valence-electron chi connectivity index (χ0n) is 18.3. The number of halogens is 3. The van der Waals surface area contributed by atoms with E-state index in [1.807, 2.05) is 4.90 Å². The van der Waals surface area contributed by atoms with Crippen molar-refractivity contribution in [2.75, 3.05) is 31.1 Å². The van der Waals surface area contributed by atoms with E-state index in [1.54, 1.807) is 17.0 Å². The molecule has 0 unspecified atom stereocenters. The quantitative estimate of drug-likeness (QED) is 0.634. The van der Waals surface area contributed by atoms with Crippen molar-refractivity contribution in [3.8, 4) is 0 Å². The van der Waals surface area contributed by atoms with Gasteiger partial charge in [-0.1, -0.05) is 12.5 Å². The largest absolute Gasteiger partial charge is 0.368 e. The zero-order valence-corrected chi connectivity index (χ0v) is 19.1. The fraction of sp³-hybridized carbons (Fsp3) is 0.435. The van der Waals surface area contributed by atoms with Gasteiger partial charge >= 0.3 is 0 Å². The number of hydrogen-bond acceptors (Lipinski definition) is 4. The van der Waals surface area contributed by atoms with Crippen molar-refractivity contribution in [2.24, 2.45) is 0 Å². The molecule has 0 bridgehead atoms. The SMILES string of the molecule is CC(=O)N1CCN(c2ccc(CN(C3CCC3)S(=O)(=O)c3ccc(F)cc3F)c(F)c2)CC1. The molecule has 1 heterocycles. The summed E-state index contributed by atoms with van der Waals surface area (Å²) in [7, 11) is -4.29. The van der Waals surface area contributed by atoms with Crippen molar-refractivity contribution in [1.82, 2.24) is 9.21 Å². The number of carbonyl (C=O) groups excluding carboxylic acids is 1. The molecule has 1 saturated carbocycles. The first-order chi connectivity index (χ1) is 15.7. The monoisotopic (exact) mass is 481 g/mol. The first-order valence-corrected chi connectivity index (χ1v) is 12.4. The highest BCUT2D eigenvalue weighted by Crippen LogP contribution is 2.33. The fourth-order valence-electron chi connectivity index (χ4n) is 4.20. The topological polar surface area (TPSA) is 60.9 Å².